The summed E-state index contributed by atoms with van der Waals surface area (Å²) in [5.74, 6) is 0.282. The quantitative estimate of drug-likeness (QED) is 0.662. The molecule has 1 atom stereocenters. The Hall–Kier alpha value is -0.610. The van der Waals surface area contributed by atoms with E-state index in [2.05, 4.69) is 0 Å². The zero-order chi connectivity index (χ0) is 11.1. The molecule has 0 saturated carbocycles. The smallest absolute Gasteiger partial charge is 0.227 e. The Morgan fingerprint density at radius 3 is 2.87 bits per heavy atom. The number of carbonyl (C=O) groups excluding carboxylic acids is 1. The van der Waals surface area contributed by atoms with Crippen molar-refractivity contribution < 1.29 is 14.6 Å². The highest BCUT2D eigenvalue weighted by atomic mass is 16.5. The van der Waals surface area contributed by atoms with Crippen LogP contribution >= 0.6 is 0 Å². The van der Waals surface area contributed by atoms with Crippen molar-refractivity contribution in [3.05, 3.63) is 0 Å². The first-order chi connectivity index (χ1) is 7.25. The van der Waals surface area contributed by atoms with Crippen molar-refractivity contribution in [1.82, 2.24) is 4.90 Å². The second-order valence-corrected chi connectivity index (χ2v) is 4.10. The number of hydrogen-bond donors (Lipinski definition) is 1. The monoisotopic (exact) mass is 215 g/mol. The summed E-state index contributed by atoms with van der Waals surface area (Å²) in [6.45, 7) is 2.33. The van der Waals surface area contributed by atoms with E-state index in [1.807, 2.05) is 7.05 Å². The number of nitrogens with zero attached hydrogens (tertiary/aromatic N) is 1. The molecule has 0 spiro atoms. The van der Waals surface area contributed by atoms with Crippen LogP contribution in [0.5, 0.6) is 0 Å². The third-order valence-corrected chi connectivity index (χ3v) is 2.81. The van der Waals surface area contributed by atoms with E-state index >= 15 is 0 Å². The first kappa shape index (κ1) is 12.5. The number of aliphatic hydroxyl groups excluding tert-OH is 1. The van der Waals surface area contributed by atoms with Gasteiger partial charge in [-0.1, -0.05) is 0 Å². The van der Waals surface area contributed by atoms with Gasteiger partial charge < -0.3 is 14.7 Å². The summed E-state index contributed by atoms with van der Waals surface area (Å²) in [5, 5.41) is 8.62. The van der Waals surface area contributed by atoms with E-state index in [1.54, 1.807) is 4.90 Å². The van der Waals surface area contributed by atoms with Gasteiger partial charge in [0.05, 0.1) is 12.5 Å². The molecule has 0 aromatic heterocycles. The van der Waals surface area contributed by atoms with Crippen molar-refractivity contribution in [2.45, 2.75) is 25.7 Å². The molecule has 0 aliphatic carbocycles. The van der Waals surface area contributed by atoms with Crippen LogP contribution in [0.4, 0.5) is 0 Å². The number of unbranched alkanes of at least 4 members (excludes halogenated alkanes) is 2. The van der Waals surface area contributed by atoms with Crippen molar-refractivity contribution in [3.63, 3.8) is 0 Å². The van der Waals surface area contributed by atoms with Crippen LogP contribution in [0.2, 0.25) is 0 Å². The predicted molar refractivity (Wildman–Crippen MR) is 57.5 cm³/mol. The van der Waals surface area contributed by atoms with Crippen molar-refractivity contribution in [2.24, 2.45) is 5.92 Å². The Labute approximate surface area is 91.2 Å². The van der Waals surface area contributed by atoms with Gasteiger partial charge in [0.25, 0.3) is 0 Å². The zero-order valence-corrected chi connectivity index (χ0v) is 9.45. The number of amides is 1. The minimum Gasteiger partial charge on any atom is -0.396 e. The minimum atomic E-state index is 0.0767. The number of rotatable bonds is 6. The highest BCUT2D eigenvalue weighted by Gasteiger charge is 2.25. The molecular formula is C11H21NO3. The Morgan fingerprint density at radius 1 is 1.47 bits per heavy atom. The summed E-state index contributed by atoms with van der Waals surface area (Å²) in [6.07, 6.45) is 3.64. The lowest BCUT2D eigenvalue weighted by Gasteiger charge is -2.20. The summed E-state index contributed by atoms with van der Waals surface area (Å²) in [5.41, 5.74) is 0. The van der Waals surface area contributed by atoms with Crippen molar-refractivity contribution in [2.75, 3.05) is 33.4 Å². The van der Waals surface area contributed by atoms with Gasteiger partial charge in [0.2, 0.25) is 5.91 Å². The molecule has 0 aromatic carbocycles. The van der Waals surface area contributed by atoms with Crippen LogP contribution in [0.3, 0.4) is 0 Å². The fourth-order valence-corrected chi connectivity index (χ4v) is 1.79. The molecule has 0 aromatic rings. The molecule has 1 fully saturated rings. The summed E-state index contributed by atoms with van der Waals surface area (Å²) in [4.78, 5) is 13.6. The fraction of sp³-hybridized carbons (Fsp3) is 0.909. The molecule has 88 valence electrons. The van der Waals surface area contributed by atoms with Crippen LogP contribution in [0.1, 0.15) is 25.7 Å². The van der Waals surface area contributed by atoms with Gasteiger partial charge in [-0.25, -0.2) is 0 Å². The van der Waals surface area contributed by atoms with Gasteiger partial charge in [-0.2, -0.15) is 0 Å². The molecule has 1 aliphatic rings. The van der Waals surface area contributed by atoms with Crippen LogP contribution < -0.4 is 0 Å². The van der Waals surface area contributed by atoms with E-state index in [1.165, 1.54) is 0 Å². The molecule has 4 nitrogen and oxygen atoms in total. The van der Waals surface area contributed by atoms with Crippen LogP contribution in [0.25, 0.3) is 0 Å². The standard InChI is InChI=1S/C11H21NO3/c1-12(6-3-2-4-7-13)11(14)10-5-8-15-9-10/h10,13H,2-9H2,1H3. The molecule has 4 heteroatoms. The van der Waals surface area contributed by atoms with Crippen LogP contribution in [0, 0.1) is 5.92 Å². The maximum absolute atomic E-state index is 11.8. The van der Waals surface area contributed by atoms with E-state index in [-0.39, 0.29) is 18.4 Å². The molecule has 0 radical (unpaired) electrons. The fourth-order valence-electron chi connectivity index (χ4n) is 1.79. The third-order valence-electron chi connectivity index (χ3n) is 2.81. The van der Waals surface area contributed by atoms with Gasteiger partial charge in [-0.3, -0.25) is 4.79 Å². The Morgan fingerprint density at radius 2 is 2.27 bits per heavy atom. The molecule has 1 N–H and O–H groups in total. The summed E-state index contributed by atoms with van der Waals surface area (Å²) < 4.78 is 5.19. The lowest BCUT2D eigenvalue weighted by molar-refractivity contribution is -0.134. The van der Waals surface area contributed by atoms with Gasteiger partial charge in [0.1, 0.15) is 0 Å². The molecule has 1 saturated heterocycles. The highest BCUT2D eigenvalue weighted by molar-refractivity contribution is 5.78. The van der Waals surface area contributed by atoms with Crippen LogP contribution in [-0.2, 0) is 9.53 Å². The second-order valence-electron chi connectivity index (χ2n) is 4.10. The van der Waals surface area contributed by atoms with Crippen LogP contribution in [0.15, 0.2) is 0 Å². The summed E-state index contributed by atoms with van der Waals surface area (Å²) in [7, 11) is 1.85. The first-order valence-electron chi connectivity index (χ1n) is 5.69. The van der Waals surface area contributed by atoms with Gasteiger partial charge in [0.15, 0.2) is 0 Å². The first-order valence-corrected chi connectivity index (χ1v) is 5.69. The molecule has 0 bridgehead atoms. The Bertz CT molecular complexity index is 190. The van der Waals surface area contributed by atoms with E-state index in [4.69, 9.17) is 9.84 Å². The largest absolute Gasteiger partial charge is 0.396 e. The summed E-state index contributed by atoms with van der Waals surface area (Å²) in [6, 6.07) is 0. The van der Waals surface area contributed by atoms with Crippen molar-refractivity contribution in [1.29, 1.82) is 0 Å². The lowest BCUT2D eigenvalue weighted by atomic mass is 10.1. The van der Waals surface area contributed by atoms with Crippen molar-refractivity contribution in [3.8, 4) is 0 Å². The molecule has 1 unspecified atom stereocenters. The van der Waals surface area contributed by atoms with Gasteiger partial charge in [-0.15, -0.1) is 0 Å². The van der Waals surface area contributed by atoms with E-state index in [0.29, 0.717) is 6.61 Å². The molecular weight excluding hydrogens is 194 g/mol. The zero-order valence-electron chi connectivity index (χ0n) is 9.45. The van der Waals surface area contributed by atoms with E-state index in [9.17, 15) is 4.79 Å². The second kappa shape index (κ2) is 6.80. The molecule has 1 amide bonds. The molecule has 15 heavy (non-hydrogen) atoms. The van der Waals surface area contributed by atoms with E-state index < -0.39 is 0 Å². The average Bonchev–Trinajstić information content (AvgIpc) is 2.76. The van der Waals surface area contributed by atoms with Gasteiger partial charge >= 0.3 is 0 Å². The van der Waals surface area contributed by atoms with Crippen LogP contribution in [-0.4, -0.2) is 49.3 Å². The third kappa shape index (κ3) is 4.18. The maximum Gasteiger partial charge on any atom is 0.227 e. The number of hydrogen-bond acceptors (Lipinski definition) is 3. The molecule has 1 rings (SSSR count). The molecule has 1 aliphatic heterocycles. The number of aliphatic hydroxyl groups is 1. The highest BCUT2D eigenvalue weighted by Crippen LogP contribution is 2.15. The van der Waals surface area contributed by atoms with Crippen molar-refractivity contribution >= 4 is 5.91 Å². The average molecular weight is 215 g/mol. The number of ether oxygens (including phenoxy) is 1. The lowest BCUT2D eigenvalue weighted by Crippen LogP contribution is -2.33. The maximum atomic E-state index is 11.8. The van der Waals surface area contributed by atoms with Gasteiger partial charge in [0, 0.05) is 26.8 Å². The van der Waals surface area contributed by atoms with Gasteiger partial charge in [-0.05, 0) is 25.7 Å². The number of carbonyl (C=O) groups is 1. The minimum absolute atomic E-state index is 0.0767. The Kier molecular flexibility index (Phi) is 5.65. The Balaban J connectivity index is 2.14. The van der Waals surface area contributed by atoms with E-state index in [0.717, 1.165) is 38.8 Å². The predicted octanol–water partition coefficient (Wildman–Crippen LogP) is 0.644. The SMILES string of the molecule is CN(CCCCCO)C(=O)C1CCOC1. The summed E-state index contributed by atoms with van der Waals surface area (Å²) >= 11 is 0. The molecule has 1 heterocycles. The topological polar surface area (TPSA) is 49.8 Å². The normalized spacial score (nSPS) is 20.5.